The second-order valence-corrected chi connectivity index (χ2v) is 6.46. The van der Waals surface area contributed by atoms with Crippen LogP contribution in [0.2, 0.25) is 0 Å². The van der Waals surface area contributed by atoms with Crippen molar-refractivity contribution < 1.29 is 28.9 Å². The average Bonchev–Trinajstić information content (AvgIpc) is 3.35. The molecule has 0 aromatic heterocycles. The van der Waals surface area contributed by atoms with Crippen molar-refractivity contribution in [2.24, 2.45) is 5.92 Å². The summed E-state index contributed by atoms with van der Waals surface area (Å²) >= 11 is 0. The van der Waals surface area contributed by atoms with Crippen LogP contribution < -0.4 is 0 Å². The normalized spacial score (nSPS) is 22.0. The first-order valence-electron chi connectivity index (χ1n) is 8.56. The Labute approximate surface area is 142 Å². The molecule has 134 valence electrons. The van der Waals surface area contributed by atoms with Gasteiger partial charge in [0.15, 0.2) is 0 Å². The highest BCUT2D eigenvalue weighted by molar-refractivity contribution is 5.89. The molecule has 2 heterocycles. The van der Waals surface area contributed by atoms with Crippen molar-refractivity contribution in [1.29, 1.82) is 0 Å². The van der Waals surface area contributed by atoms with E-state index in [4.69, 9.17) is 19.3 Å². The van der Waals surface area contributed by atoms with Crippen LogP contribution in [0.3, 0.4) is 0 Å². The Morgan fingerprint density at radius 1 is 1.29 bits per heavy atom. The number of ether oxygens (including phenoxy) is 3. The number of rotatable bonds is 7. The number of carboxylic acids is 1. The zero-order valence-corrected chi connectivity index (χ0v) is 14.0. The Balaban J connectivity index is 0.000000185. The average molecular weight is 338 g/mol. The lowest BCUT2D eigenvalue weighted by atomic mass is 9.90. The number of carbonyl (C=O) groups is 2. The summed E-state index contributed by atoms with van der Waals surface area (Å²) in [6.45, 7) is 5.20. The molecule has 0 amide bonds. The van der Waals surface area contributed by atoms with Crippen LogP contribution in [0.25, 0.3) is 0 Å². The Kier molecular flexibility index (Phi) is 7.31. The number of carbonyl (C=O) groups excluding carboxylic acids is 1. The fraction of sp³-hybridized carbons (Fsp3) is 0.667. The van der Waals surface area contributed by atoms with E-state index in [1.165, 1.54) is 38.4 Å². The lowest BCUT2D eigenvalue weighted by Gasteiger charge is -2.22. The molecule has 0 aromatic rings. The molecule has 1 N–H and O–H groups in total. The van der Waals surface area contributed by atoms with Crippen LogP contribution in [-0.2, 0) is 23.8 Å². The summed E-state index contributed by atoms with van der Waals surface area (Å²) in [5.74, 6) is -0.503. The van der Waals surface area contributed by atoms with Crippen LogP contribution in [0.15, 0.2) is 24.0 Å². The first-order valence-corrected chi connectivity index (χ1v) is 8.56. The van der Waals surface area contributed by atoms with Crippen molar-refractivity contribution >= 4 is 11.9 Å². The maximum Gasteiger partial charge on any atom is 0.340 e. The van der Waals surface area contributed by atoms with Gasteiger partial charge in [0, 0.05) is 5.57 Å². The summed E-state index contributed by atoms with van der Waals surface area (Å²) in [7, 11) is 0. The highest BCUT2D eigenvalue weighted by atomic mass is 16.6. The van der Waals surface area contributed by atoms with E-state index in [2.05, 4.69) is 6.58 Å². The van der Waals surface area contributed by atoms with Gasteiger partial charge in [0.2, 0.25) is 0 Å². The minimum Gasteiger partial charge on any atom is -0.495 e. The quantitative estimate of drug-likeness (QED) is 0.436. The van der Waals surface area contributed by atoms with Gasteiger partial charge in [-0.2, -0.15) is 0 Å². The van der Waals surface area contributed by atoms with Crippen molar-refractivity contribution in [3.8, 4) is 0 Å². The summed E-state index contributed by atoms with van der Waals surface area (Å²) in [6.07, 6.45) is 9.45. The Morgan fingerprint density at radius 3 is 2.46 bits per heavy atom. The van der Waals surface area contributed by atoms with E-state index < -0.39 is 5.97 Å². The molecule has 0 spiro atoms. The summed E-state index contributed by atoms with van der Waals surface area (Å²) in [5, 5.41) is 8.37. The second-order valence-electron chi connectivity index (χ2n) is 6.46. The smallest absolute Gasteiger partial charge is 0.340 e. The van der Waals surface area contributed by atoms with Gasteiger partial charge in [-0.05, 0) is 31.6 Å². The molecule has 1 aliphatic carbocycles. The SMILES string of the molecule is C=C(CCC1CO1)C(=O)O.O=C(OCC1CCCCC1)C1=COC1. The van der Waals surface area contributed by atoms with Crippen molar-refractivity contribution in [2.75, 3.05) is 19.8 Å². The van der Waals surface area contributed by atoms with Crippen molar-refractivity contribution in [3.63, 3.8) is 0 Å². The molecule has 6 heteroatoms. The van der Waals surface area contributed by atoms with Crippen LogP contribution >= 0.6 is 0 Å². The van der Waals surface area contributed by atoms with Crippen LogP contribution in [0.1, 0.15) is 44.9 Å². The van der Waals surface area contributed by atoms with Gasteiger partial charge in [-0.1, -0.05) is 25.8 Å². The molecule has 1 unspecified atom stereocenters. The predicted octanol–water partition coefficient (Wildman–Crippen LogP) is 2.83. The van der Waals surface area contributed by atoms with Crippen LogP contribution in [0, 0.1) is 5.92 Å². The number of esters is 1. The molecule has 0 bridgehead atoms. The molecule has 1 saturated carbocycles. The topological polar surface area (TPSA) is 85.4 Å². The molecule has 0 radical (unpaired) electrons. The van der Waals surface area contributed by atoms with Gasteiger partial charge in [-0.15, -0.1) is 0 Å². The number of hydrogen-bond donors (Lipinski definition) is 1. The zero-order chi connectivity index (χ0) is 17.4. The van der Waals surface area contributed by atoms with E-state index in [1.807, 2.05) is 0 Å². The molecule has 0 aromatic carbocycles. The lowest BCUT2D eigenvalue weighted by Crippen LogP contribution is -2.22. The third-order valence-electron chi connectivity index (χ3n) is 4.37. The zero-order valence-electron chi connectivity index (χ0n) is 14.0. The molecule has 1 saturated heterocycles. The van der Waals surface area contributed by atoms with Gasteiger partial charge < -0.3 is 19.3 Å². The first-order chi connectivity index (χ1) is 11.6. The highest BCUT2D eigenvalue weighted by Crippen LogP contribution is 2.24. The molecule has 2 fully saturated rings. The lowest BCUT2D eigenvalue weighted by molar-refractivity contribution is -0.142. The van der Waals surface area contributed by atoms with E-state index in [1.54, 1.807) is 0 Å². The molecular formula is C18H26O6. The molecular weight excluding hydrogens is 312 g/mol. The van der Waals surface area contributed by atoms with Gasteiger partial charge in [-0.3, -0.25) is 0 Å². The summed E-state index contributed by atoms with van der Waals surface area (Å²) in [5.41, 5.74) is 0.941. The number of hydrogen-bond acceptors (Lipinski definition) is 5. The second kappa shape index (κ2) is 9.47. The van der Waals surface area contributed by atoms with Gasteiger partial charge in [0.05, 0.1) is 25.6 Å². The molecule has 1 atom stereocenters. The van der Waals surface area contributed by atoms with E-state index in [0.29, 0.717) is 37.2 Å². The first kappa shape index (κ1) is 18.5. The van der Waals surface area contributed by atoms with Gasteiger partial charge in [0.25, 0.3) is 0 Å². The minimum atomic E-state index is -0.902. The van der Waals surface area contributed by atoms with Gasteiger partial charge >= 0.3 is 11.9 Å². The van der Waals surface area contributed by atoms with Gasteiger partial charge in [0.1, 0.15) is 12.2 Å². The molecule has 6 nitrogen and oxygen atoms in total. The summed E-state index contributed by atoms with van der Waals surface area (Å²) in [4.78, 5) is 21.5. The molecule has 24 heavy (non-hydrogen) atoms. The largest absolute Gasteiger partial charge is 0.495 e. The minimum absolute atomic E-state index is 0.193. The fourth-order valence-corrected chi connectivity index (χ4v) is 2.59. The number of aliphatic carboxylic acids is 1. The summed E-state index contributed by atoms with van der Waals surface area (Å²) < 4.78 is 14.9. The van der Waals surface area contributed by atoms with Crippen molar-refractivity contribution in [3.05, 3.63) is 24.0 Å². The molecule has 3 rings (SSSR count). The van der Waals surface area contributed by atoms with E-state index in [0.717, 1.165) is 13.0 Å². The van der Waals surface area contributed by atoms with Crippen molar-refractivity contribution in [1.82, 2.24) is 0 Å². The monoisotopic (exact) mass is 338 g/mol. The third-order valence-corrected chi connectivity index (χ3v) is 4.37. The van der Waals surface area contributed by atoms with Crippen LogP contribution in [0.4, 0.5) is 0 Å². The summed E-state index contributed by atoms with van der Waals surface area (Å²) in [6, 6.07) is 0. The standard InChI is InChI=1S/C11H16O3.C7H10O3/c12-11(10-7-13-8-10)14-6-9-4-2-1-3-5-9;1-5(7(8)9)2-3-6-4-10-6/h7,9H,1-6,8H2;6H,1-4H2,(H,8,9). The third kappa shape index (κ3) is 6.74. The number of carboxylic acid groups (broad SMARTS) is 1. The Hall–Kier alpha value is -1.82. The maximum absolute atomic E-state index is 11.3. The fourth-order valence-electron chi connectivity index (χ4n) is 2.59. The maximum atomic E-state index is 11.3. The van der Waals surface area contributed by atoms with Crippen LogP contribution in [-0.4, -0.2) is 43.0 Å². The van der Waals surface area contributed by atoms with E-state index in [9.17, 15) is 9.59 Å². The van der Waals surface area contributed by atoms with E-state index in [-0.39, 0.29) is 11.5 Å². The van der Waals surface area contributed by atoms with Crippen molar-refractivity contribution in [2.45, 2.75) is 51.0 Å². The number of epoxide rings is 1. The molecule has 3 aliphatic rings. The predicted molar refractivity (Wildman–Crippen MR) is 87.3 cm³/mol. The molecule has 2 aliphatic heterocycles. The Morgan fingerprint density at radius 2 is 1.96 bits per heavy atom. The highest BCUT2D eigenvalue weighted by Gasteiger charge is 2.22. The Bertz CT molecular complexity index is 486. The van der Waals surface area contributed by atoms with E-state index >= 15 is 0 Å². The van der Waals surface area contributed by atoms with Crippen LogP contribution in [0.5, 0.6) is 0 Å². The van der Waals surface area contributed by atoms with Gasteiger partial charge in [-0.25, -0.2) is 9.59 Å².